The molecule has 2 aliphatic rings. The van der Waals surface area contributed by atoms with Gasteiger partial charge in [0, 0.05) is 37.6 Å². The van der Waals surface area contributed by atoms with Crippen LogP contribution in [-0.4, -0.2) is 72.5 Å². The normalized spacial score (nSPS) is 17.7. The van der Waals surface area contributed by atoms with Gasteiger partial charge in [-0.05, 0) is 45.4 Å². The minimum atomic E-state index is -0.452. The molecule has 0 bridgehead atoms. The number of fused-ring (bicyclic) bond motifs is 1. The summed E-state index contributed by atoms with van der Waals surface area (Å²) in [5, 5.41) is 2.86. The topological polar surface area (TPSA) is 71.1 Å². The highest BCUT2D eigenvalue weighted by Crippen LogP contribution is 2.34. The highest BCUT2D eigenvalue weighted by atomic mass is 32.2. The first-order valence-corrected chi connectivity index (χ1v) is 10.7. The molecule has 2 aliphatic heterocycles. The van der Waals surface area contributed by atoms with Crippen molar-refractivity contribution < 1.29 is 19.1 Å². The fraction of sp³-hybridized carbons (Fsp3) is 0.600. The van der Waals surface area contributed by atoms with Crippen molar-refractivity contribution >= 4 is 29.4 Å². The Morgan fingerprint density at radius 1 is 1.21 bits per heavy atom. The Morgan fingerprint density at radius 3 is 2.68 bits per heavy atom. The van der Waals surface area contributed by atoms with Crippen LogP contribution in [0.2, 0.25) is 0 Å². The van der Waals surface area contributed by atoms with Crippen molar-refractivity contribution in [3.8, 4) is 5.75 Å². The lowest BCUT2D eigenvalue weighted by molar-refractivity contribution is -0.113. The molecular formula is C20H29N3O4S. The van der Waals surface area contributed by atoms with E-state index in [1.54, 1.807) is 4.90 Å². The van der Waals surface area contributed by atoms with E-state index in [1.165, 1.54) is 11.8 Å². The van der Waals surface area contributed by atoms with E-state index in [4.69, 9.17) is 9.47 Å². The van der Waals surface area contributed by atoms with Crippen LogP contribution in [0.25, 0.3) is 0 Å². The van der Waals surface area contributed by atoms with E-state index in [1.807, 2.05) is 39.0 Å². The van der Waals surface area contributed by atoms with E-state index in [0.717, 1.165) is 42.4 Å². The minimum absolute atomic E-state index is 0.0398. The summed E-state index contributed by atoms with van der Waals surface area (Å²) in [5.74, 6) is 1.32. The van der Waals surface area contributed by atoms with Crippen molar-refractivity contribution in [1.29, 1.82) is 0 Å². The molecule has 28 heavy (non-hydrogen) atoms. The lowest BCUT2D eigenvalue weighted by Gasteiger charge is -2.35. The van der Waals surface area contributed by atoms with Crippen molar-refractivity contribution in [3.05, 3.63) is 18.2 Å². The van der Waals surface area contributed by atoms with Gasteiger partial charge in [-0.25, -0.2) is 4.79 Å². The van der Waals surface area contributed by atoms with Gasteiger partial charge >= 0.3 is 6.09 Å². The third kappa shape index (κ3) is 6.04. The van der Waals surface area contributed by atoms with Gasteiger partial charge in [-0.15, -0.1) is 11.8 Å². The number of nitrogens with zero attached hydrogens (tertiary/aromatic N) is 2. The van der Waals surface area contributed by atoms with Crippen molar-refractivity contribution in [2.24, 2.45) is 0 Å². The van der Waals surface area contributed by atoms with Crippen molar-refractivity contribution in [3.63, 3.8) is 0 Å². The van der Waals surface area contributed by atoms with Crippen molar-refractivity contribution in [2.45, 2.75) is 37.7 Å². The summed E-state index contributed by atoms with van der Waals surface area (Å²) < 4.78 is 11.3. The first-order valence-electron chi connectivity index (χ1n) is 9.70. The second kappa shape index (κ2) is 9.05. The molecule has 2 heterocycles. The maximum absolute atomic E-state index is 12.1. The predicted molar refractivity (Wildman–Crippen MR) is 110 cm³/mol. The summed E-state index contributed by atoms with van der Waals surface area (Å²) >= 11 is 1.54. The zero-order valence-corrected chi connectivity index (χ0v) is 17.6. The summed E-state index contributed by atoms with van der Waals surface area (Å²) in [5.41, 5.74) is 0.406. The van der Waals surface area contributed by atoms with E-state index < -0.39 is 5.60 Å². The second-order valence-electron chi connectivity index (χ2n) is 8.01. The maximum atomic E-state index is 12.1. The molecule has 0 aliphatic carbocycles. The second-order valence-corrected chi connectivity index (χ2v) is 9.02. The van der Waals surface area contributed by atoms with Gasteiger partial charge in [0.25, 0.3) is 0 Å². The summed E-state index contributed by atoms with van der Waals surface area (Å²) in [4.78, 5) is 28.7. The Labute approximate surface area is 170 Å². The van der Waals surface area contributed by atoms with E-state index in [-0.39, 0.29) is 12.0 Å². The third-order valence-electron chi connectivity index (χ3n) is 4.50. The molecule has 154 valence electrons. The molecule has 0 unspecified atom stereocenters. The van der Waals surface area contributed by atoms with E-state index in [0.29, 0.717) is 25.4 Å². The van der Waals surface area contributed by atoms with E-state index in [2.05, 4.69) is 10.2 Å². The molecule has 1 saturated heterocycles. The lowest BCUT2D eigenvalue weighted by atomic mass is 10.2. The Hall–Kier alpha value is -1.93. The molecule has 0 radical (unpaired) electrons. The number of ether oxygens (including phenoxy) is 2. The number of hydrogen-bond donors (Lipinski definition) is 1. The SMILES string of the molecule is CC(C)(C)OC(=O)N1CCN(CCCOc2ccc3c(c2)SCC(=O)N3)CC1. The Kier molecular flexibility index (Phi) is 6.72. The van der Waals surface area contributed by atoms with Gasteiger partial charge in [-0.1, -0.05) is 0 Å². The van der Waals surface area contributed by atoms with Gasteiger partial charge in [0.1, 0.15) is 11.4 Å². The molecular weight excluding hydrogens is 378 g/mol. The number of carbonyl (C=O) groups excluding carboxylic acids is 2. The van der Waals surface area contributed by atoms with Crippen LogP contribution in [0.1, 0.15) is 27.2 Å². The molecule has 0 spiro atoms. The summed E-state index contributed by atoms with van der Waals surface area (Å²) in [6.07, 6.45) is 0.699. The average Bonchev–Trinajstić information content (AvgIpc) is 2.64. The van der Waals surface area contributed by atoms with Gasteiger partial charge < -0.3 is 19.7 Å². The zero-order valence-electron chi connectivity index (χ0n) is 16.8. The maximum Gasteiger partial charge on any atom is 0.410 e. The van der Waals surface area contributed by atoms with Gasteiger partial charge in [0.15, 0.2) is 0 Å². The first kappa shape index (κ1) is 20.8. The number of benzene rings is 1. The summed E-state index contributed by atoms with van der Waals surface area (Å²) in [6.45, 7) is 10.4. The molecule has 2 amide bonds. The average molecular weight is 408 g/mol. The molecule has 1 N–H and O–H groups in total. The van der Waals surface area contributed by atoms with Gasteiger partial charge in [0.05, 0.1) is 18.0 Å². The van der Waals surface area contributed by atoms with E-state index in [9.17, 15) is 9.59 Å². The summed E-state index contributed by atoms with van der Waals surface area (Å²) in [7, 11) is 0. The number of rotatable bonds is 5. The van der Waals surface area contributed by atoms with Gasteiger partial charge in [0.2, 0.25) is 5.91 Å². The van der Waals surface area contributed by atoms with Gasteiger partial charge in [-0.3, -0.25) is 9.69 Å². The van der Waals surface area contributed by atoms with Crippen LogP contribution >= 0.6 is 11.8 Å². The quantitative estimate of drug-likeness (QED) is 0.757. The molecule has 7 nitrogen and oxygen atoms in total. The van der Waals surface area contributed by atoms with Gasteiger partial charge in [-0.2, -0.15) is 0 Å². The van der Waals surface area contributed by atoms with Crippen LogP contribution in [0.3, 0.4) is 0 Å². The molecule has 1 fully saturated rings. The predicted octanol–water partition coefficient (Wildman–Crippen LogP) is 3.05. The number of piperazine rings is 1. The number of thioether (sulfide) groups is 1. The van der Waals surface area contributed by atoms with Crippen LogP contribution in [0.5, 0.6) is 5.75 Å². The Balaban J connectivity index is 1.34. The van der Waals surface area contributed by atoms with Crippen molar-refractivity contribution in [2.75, 3.05) is 50.4 Å². The number of carbonyl (C=O) groups is 2. The van der Waals surface area contributed by atoms with Crippen LogP contribution in [0, 0.1) is 0 Å². The number of hydrogen-bond acceptors (Lipinski definition) is 6. The molecule has 8 heteroatoms. The van der Waals surface area contributed by atoms with Crippen molar-refractivity contribution in [1.82, 2.24) is 9.80 Å². The van der Waals surface area contributed by atoms with Crippen LogP contribution < -0.4 is 10.1 Å². The number of nitrogens with one attached hydrogen (secondary N) is 1. The van der Waals surface area contributed by atoms with Crippen LogP contribution in [-0.2, 0) is 9.53 Å². The molecule has 0 aromatic heterocycles. The molecule has 0 atom stereocenters. The largest absolute Gasteiger partial charge is 0.494 e. The molecule has 3 rings (SSSR count). The standard InChI is InChI=1S/C20H29N3O4S/c1-20(2,3)27-19(25)23-10-8-22(9-11-23)7-4-12-26-15-5-6-16-17(13-15)28-14-18(24)21-16/h5-6,13H,4,7-12,14H2,1-3H3,(H,21,24). The van der Waals surface area contributed by atoms with Crippen LogP contribution in [0.15, 0.2) is 23.1 Å². The first-order chi connectivity index (χ1) is 13.3. The third-order valence-corrected chi connectivity index (χ3v) is 5.55. The fourth-order valence-electron chi connectivity index (χ4n) is 3.10. The minimum Gasteiger partial charge on any atom is -0.494 e. The highest BCUT2D eigenvalue weighted by molar-refractivity contribution is 8.00. The summed E-state index contributed by atoms with van der Waals surface area (Å²) in [6, 6.07) is 5.77. The van der Waals surface area contributed by atoms with E-state index >= 15 is 0 Å². The highest BCUT2D eigenvalue weighted by Gasteiger charge is 2.25. The molecule has 1 aromatic rings. The zero-order chi connectivity index (χ0) is 20.1. The molecule has 1 aromatic carbocycles. The lowest BCUT2D eigenvalue weighted by Crippen LogP contribution is -2.50. The fourth-order valence-corrected chi connectivity index (χ4v) is 3.94. The number of anilines is 1. The monoisotopic (exact) mass is 407 g/mol. The number of amides is 2. The molecule has 0 saturated carbocycles. The Morgan fingerprint density at radius 2 is 1.96 bits per heavy atom. The smallest absolute Gasteiger partial charge is 0.410 e. The Bertz CT molecular complexity index is 712. The van der Waals surface area contributed by atoms with Crippen LogP contribution in [0.4, 0.5) is 10.5 Å².